The summed E-state index contributed by atoms with van der Waals surface area (Å²) in [7, 11) is 0. The van der Waals surface area contributed by atoms with Crippen LogP contribution in [0.4, 0.5) is 0 Å². The highest BCUT2D eigenvalue weighted by Crippen LogP contribution is 2.16. The van der Waals surface area contributed by atoms with Gasteiger partial charge in [0.1, 0.15) is 13.2 Å². The number of ether oxygens (including phenoxy) is 3. The van der Waals surface area contributed by atoms with Crippen LogP contribution in [-0.2, 0) is 28.6 Å². The van der Waals surface area contributed by atoms with Crippen LogP contribution in [0.2, 0.25) is 0 Å². The molecule has 0 spiro atoms. The minimum atomic E-state index is -0.756. The molecule has 0 aliphatic carbocycles. The molecule has 0 bridgehead atoms. The fraction of sp³-hybridized carbons (Fsp3) is 0.929. The number of unbranched alkanes of at least 4 members (excludes halogenated alkanes) is 24. The lowest BCUT2D eigenvalue weighted by atomic mass is 10.0. The standard InChI is InChI=1S/C42H80O6/c1-5-7-9-11-12-13-15-19-22-26-30-34-41(44)47-37-39(36-46-40(43)33-29-24-10-8-6-2)48-42(45)35-31-27-23-20-17-14-16-18-21-25-28-32-38(3)4/h38-39H,5-37H2,1-4H3/t39-/m0/s1. The molecule has 0 saturated carbocycles. The summed E-state index contributed by atoms with van der Waals surface area (Å²) in [4.78, 5) is 37.3. The highest BCUT2D eigenvalue weighted by atomic mass is 16.6. The second-order valence-corrected chi connectivity index (χ2v) is 14.7. The van der Waals surface area contributed by atoms with Crippen LogP contribution < -0.4 is 0 Å². The fourth-order valence-electron chi connectivity index (χ4n) is 6.10. The van der Waals surface area contributed by atoms with Gasteiger partial charge in [-0.05, 0) is 25.2 Å². The van der Waals surface area contributed by atoms with Crippen molar-refractivity contribution in [3.63, 3.8) is 0 Å². The molecule has 1 atom stereocenters. The van der Waals surface area contributed by atoms with E-state index < -0.39 is 6.10 Å². The zero-order chi connectivity index (χ0) is 35.3. The molecule has 0 unspecified atom stereocenters. The molecule has 6 nitrogen and oxygen atoms in total. The van der Waals surface area contributed by atoms with Gasteiger partial charge in [-0.25, -0.2) is 0 Å². The van der Waals surface area contributed by atoms with Gasteiger partial charge in [0, 0.05) is 19.3 Å². The zero-order valence-electron chi connectivity index (χ0n) is 32.4. The van der Waals surface area contributed by atoms with Crippen LogP contribution in [0.1, 0.15) is 227 Å². The Hall–Kier alpha value is -1.59. The minimum Gasteiger partial charge on any atom is -0.462 e. The first-order valence-corrected chi connectivity index (χ1v) is 20.9. The second kappa shape index (κ2) is 36.7. The molecule has 6 heteroatoms. The van der Waals surface area contributed by atoms with Gasteiger partial charge in [0.2, 0.25) is 0 Å². The Morgan fingerprint density at radius 3 is 1.02 bits per heavy atom. The molecule has 0 aromatic carbocycles. The van der Waals surface area contributed by atoms with E-state index in [1.54, 1.807) is 0 Å². The maximum atomic E-state index is 12.6. The lowest BCUT2D eigenvalue weighted by Gasteiger charge is -2.18. The van der Waals surface area contributed by atoms with Crippen LogP contribution in [0.15, 0.2) is 0 Å². The van der Waals surface area contributed by atoms with Gasteiger partial charge >= 0.3 is 17.9 Å². The van der Waals surface area contributed by atoms with E-state index in [2.05, 4.69) is 27.7 Å². The summed E-state index contributed by atoms with van der Waals surface area (Å²) < 4.78 is 16.5. The Morgan fingerprint density at radius 1 is 0.396 bits per heavy atom. The molecule has 0 aliphatic heterocycles. The normalized spacial score (nSPS) is 11.9. The van der Waals surface area contributed by atoms with E-state index >= 15 is 0 Å². The van der Waals surface area contributed by atoms with Crippen molar-refractivity contribution in [2.24, 2.45) is 5.92 Å². The summed E-state index contributed by atoms with van der Waals surface area (Å²) in [6.45, 7) is 8.89. The highest BCUT2D eigenvalue weighted by Gasteiger charge is 2.19. The van der Waals surface area contributed by atoms with Gasteiger partial charge in [-0.15, -0.1) is 0 Å². The predicted molar refractivity (Wildman–Crippen MR) is 201 cm³/mol. The molecular formula is C42H80O6. The minimum absolute atomic E-state index is 0.0654. The zero-order valence-corrected chi connectivity index (χ0v) is 32.4. The fourth-order valence-corrected chi connectivity index (χ4v) is 6.10. The second-order valence-electron chi connectivity index (χ2n) is 14.7. The first kappa shape index (κ1) is 46.4. The SMILES string of the molecule is CCCCCCCCCCCCCC(=O)OC[C@H](COC(=O)CCCCCCC)OC(=O)CCCCCCCCCCCCCC(C)C. The Balaban J connectivity index is 4.23. The van der Waals surface area contributed by atoms with Crippen molar-refractivity contribution in [1.29, 1.82) is 0 Å². The van der Waals surface area contributed by atoms with Gasteiger partial charge in [0.05, 0.1) is 0 Å². The van der Waals surface area contributed by atoms with E-state index in [1.807, 2.05) is 0 Å². The number of rotatable bonds is 37. The van der Waals surface area contributed by atoms with Crippen LogP contribution in [0, 0.1) is 5.92 Å². The van der Waals surface area contributed by atoms with E-state index in [0.29, 0.717) is 19.3 Å². The quantitative estimate of drug-likeness (QED) is 0.0369. The number of carbonyl (C=O) groups is 3. The van der Waals surface area contributed by atoms with Gasteiger partial charge in [0.25, 0.3) is 0 Å². The van der Waals surface area contributed by atoms with E-state index in [-0.39, 0.29) is 31.1 Å². The third-order valence-corrected chi connectivity index (χ3v) is 9.29. The molecule has 284 valence electrons. The average molecular weight is 681 g/mol. The number of esters is 3. The van der Waals surface area contributed by atoms with Crippen molar-refractivity contribution in [3.05, 3.63) is 0 Å². The lowest BCUT2D eigenvalue weighted by molar-refractivity contribution is -0.167. The summed E-state index contributed by atoms with van der Waals surface area (Å²) in [6, 6.07) is 0. The van der Waals surface area contributed by atoms with Crippen LogP contribution >= 0.6 is 0 Å². The van der Waals surface area contributed by atoms with Crippen molar-refractivity contribution in [3.8, 4) is 0 Å². The first-order chi connectivity index (χ1) is 23.4. The first-order valence-electron chi connectivity index (χ1n) is 20.9. The Kier molecular flexibility index (Phi) is 35.5. The molecule has 0 aromatic rings. The molecule has 0 N–H and O–H groups in total. The largest absolute Gasteiger partial charge is 0.462 e. The molecule has 0 amide bonds. The van der Waals surface area contributed by atoms with E-state index in [9.17, 15) is 14.4 Å². The van der Waals surface area contributed by atoms with Crippen molar-refractivity contribution >= 4 is 17.9 Å². The van der Waals surface area contributed by atoms with E-state index in [0.717, 1.165) is 70.1 Å². The van der Waals surface area contributed by atoms with E-state index in [4.69, 9.17) is 14.2 Å². The maximum absolute atomic E-state index is 12.6. The van der Waals surface area contributed by atoms with Crippen LogP contribution in [-0.4, -0.2) is 37.2 Å². The van der Waals surface area contributed by atoms with Gasteiger partial charge < -0.3 is 14.2 Å². The van der Waals surface area contributed by atoms with Gasteiger partial charge in [-0.3, -0.25) is 14.4 Å². The summed E-state index contributed by atoms with van der Waals surface area (Å²) >= 11 is 0. The number of carbonyl (C=O) groups excluding carboxylic acids is 3. The highest BCUT2D eigenvalue weighted by molar-refractivity contribution is 5.71. The lowest BCUT2D eigenvalue weighted by Crippen LogP contribution is -2.30. The topological polar surface area (TPSA) is 78.9 Å². The third kappa shape index (κ3) is 35.7. The Labute approximate surface area is 298 Å². The molecule has 0 heterocycles. The molecule has 0 aliphatic rings. The summed E-state index contributed by atoms with van der Waals surface area (Å²) in [5.74, 6) is -0.0491. The monoisotopic (exact) mass is 681 g/mol. The van der Waals surface area contributed by atoms with E-state index in [1.165, 1.54) is 116 Å². The molecule has 0 saturated heterocycles. The summed E-state index contributed by atoms with van der Waals surface area (Å²) in [6.07, 6.45) is 34.0. The van der Waals surface area contributed by atoms with Gasteiger partial charge in [-0.2, -0.15) is 0 Å². The van der Waals surface area contributed by atoms with Crippen LogP contribution in [0.5, 0.6) is 0 Å². The van der Waals surface area contributed by atoms with Crippen molar-refractivity contribution < 1.29 is 28.6 Å². The Bertz CT molecular complexity index is 721. The molecule has 48 heavy (non-hydrogen) atoms. The number of hydrogen-bond acceptors (Lipinski definition) is 6. The van der Waals surface area contributed by atoms with Crippen molar-refractivity contribution in [1.82, 2.24) is 0 Å². The molecule has 0 rings (SSSR count). The smallest absolute Gasteiger partial charge is 0.306 e. The van der Waals surface area contributed by atoms with Gasteiger partial charge in [-0.1, -0.05) is 188 Å². The van der Waals surface area contributed by atoms with Crippen LogP contribution in [0.3, 0.4) is 0 Å². The average Bonchev–Trinajstić information content (AvgIpc) is 3.06. The predicted octanol–water partition coefficient (Wildman–Crippen LogP) is 12.8. The summed E-state index contributed by atoms with van der Waals surface area (Å²) in [5.41, 5.74) is 0. The number of hydrogen-bond donors (Lipinski definition) is 0. The Morgan fingerprint density at radius 2 is 0.688 bits per heavy atom. The third-order valence-electron chi connectivity index (χ3n) is 9.29. The van der Waals surface area contributed by atoms with Crippen LogP contribution in [0.25, 0.3) is 0 Å². The maximum Gasteiger partial charge on any atom is 0.306 e. The van der Waals surface area contributed by atoms with Gasteiger partial charge in [0.15, 0.2) is 6.10 Å². The summed E-state index contributed by atoms with van der Waals surface area (Å²) in [5, 5.41) is 0. The molecule has 0 aromatic heterocycles. The molecule has 0 fully saturated rings. The van der Waals surface area contributed by atoms with Crippen molar-refractivity contribution in [2.45, 2.75) is 233 Å². The molecule has 0 radical (unpaired) electrons. The van der Waals surface area contributed by atoms with Crippen molar-refractivity contribution in [2.75, 3.05) is 13.2 Å². The molecular weight excluding hydrogens is 600 g/mol.